The predicted molar refractivity (Wildman–Crippen MR) is 86.7 cm³/mol. The number of benzene rings is 1. The molecule has 1 aliphatic heterocycles. The number of ether oxygens (including phenoxy) is 1. The van der Waals surface area contributed by atoms with Crippen LogP contribution in [0.5, 0.6) is 0 Å². The Morgan fingerprint density at radius 1 is 1.43 bits per heavy atom. The highest BCUT2D eigenvalue weighted by Gasteiger charge is 2.40. The maximum Gasteiger partial charge on any atom is 0.245 e. The number of nitrogens with zero attached hydrogens (tertiary/aromatic N) is 2. The van der Waals surface area contributed by atoms with Crippen molar-refractivity contribution in [3.8, 4) is 0 Å². The van der Waals surface area contributed by atoms with E-state index in [1.54, 1.807) is 25.4 Å². The van der Waals surface area contributed by atoms with Crippen LogP contribution in [0, 0.1) is 6.92 Å². The Labute approximate surface area is 135 Å². The summed E-state index contributed by atoms with van der Waals surface area (Å²) in [6.45, 7) is 1.93. The lowest BCUT2D eigenvalue weighted by Crippen LogP contribution is -2.38. The number of methoxy groups -OCH3 is 1. The molecule has 1 aromatic carbocycles. The van der Waals surface area contributed by atoms with E-state index in [9.17, 15) is 13.5 Å². The number of fused-ring (bicyclic) bond motifs is 1. The van der Waals surface area contributed by atoms with Gasteiger partial charge in [0.25, 0.3) is 0 Å². The van der Waals surface area contributed by atoms with Gasteiger partial charge in [0.1, 0.15) is 4.90 Å². The molecule has 0 saturated carbocycles. The van der Waals surface area contributed by atoms with Gasteiger partial charge in [-0.05, 0) is 31.0 Å². The predicted octanol–water partition coefficient (Wildman–Crippen LogP) is 1.31. The van der Waals surface area contributed by atoms with Crippen molar-refractivity contribution >= 4 is 20.9 Å². The van der Waals surface area contributed by atoms with Gasteiger partial charge in [0.15, 0.2) is 0 Å². The van der Waals surface area contributed by atoms with Crippen molar-refractivity contribution in [2.24, 2.45) is 0 Å². The SMILES string of the molecule is CO[C@@H]1C[C@@H](CO)N(S(=O)(=O)c2cccc3cc(C)cnc23)C1. The fourth-order valence-corrected chi connectivity index (χ4v) is 4.88. The van der Waals surface area contributed by atoms with Gasteiger partial charge in [-0.2, -0.15) is 4.31 Å². The van der Waals surface area contributed by atoms with Crippen LogP contribution >= 0.6 is 0 Å². The molecule has 2 aromatic rings. The van der Waals surface area contributed by atoms with E-state index in [1.807, 2.05) is 19.1 Å². The first-order valence-corrected chi connectivity index (χ1v) is 8.92. The maximum absolute atomic E-state index is 13.1. The molecule has 1 aromatic heterocycles. The zero-order valence-electron chi connectivity index (χ0n) is 13.1. The molecular formula is C16H20N2O4S. The first-order chi connectivity index (χ1) is 11.0. The van der Waals surface area contributed by atoms with Crippen LogP contribution in [0.4, 0.5) is 0 Å². The average Bonchev–Trinajstić information content (AvgIpc) is 2.98. The van der Waals surface area contributed by atoms with Crippen LogP contribution in [0.3, 0.4) is 0 Å². The number of aliphatic hydroxyl groups is 1. The van der Waals surface area contributed by atoms with Gasteiger partial charge in [0, 0.05) is 25.2 Å². The van der Waals surface area contributed by atoms with E-state index in [1.165, 1.54) is 4.31 Å². The molecule has 1 aliphatic rings. The summed E-state index contributed by atoms with van der Waals surface area (Å²) in [5.41, 5.74) is 1.43. The summed E-state index contributed by atoms with van der Waals surface area (Å²) in [7, 11) is -2.20. The number of pyridine rings is 1. The number of aromatic nitrogens is 1. The van der Waals surface area contributed by atoms with E-state index in [0.717, 1.165) is 10.9 Å². The lowest BCUT2D eigenvalue weighted by molar-refractivity contribution is 0.113. The Balaban J connectivity index is 2.10. The monoisotopic (exact) mass is 336 g/mol. The van der Waals surface area contributed by atoms with Crippen LogP contribution in [0.2, 0.25) is 0 Å². The largest absolute Gasteiger partial charge is 0.395 e. The fourth-order valence-electron chi connectivity index (χ4n) is 3.05. The minimum absolute atomic E-state index is 0.171. The molecular weight excluding hydrogens is 316 g/mol. The molecule has 1 fully saturated rings. The molecule has 0 aliphatic carbocycles. The van der Waals surface area contributed by atoms with Crippen molar-refractivity contribution in [2.45, 2.75) is 30.4 Å². The minimum Gasteiger partial charge on any atom is -0.395 e. The first kappa shape index (κ1) is 16.3. The molecule has 2 heterocycles. The second-order valence-corrected chi connectivity index (χ2v) is 7.70. The third-order valence-corrected chi connectivity index (χ3v) is 6.22. The van der Waals surface area contributed by atoms with Crippen LogP contribution in [0.15, 0.2) is 35.4 Å². The second kappa shape index (κ2) is 6.16. The van der Waals surface area contributed by atoms with Crippen molar-refractivity contribution in [1.82, 2.24) is 9.29 Å². The zero-order chi connectivity index (χ0) is 16.6. The lowest BCUT2D eigenvalue weighted by atomic mass is 10.2. The van der Waals surface area contributed by atoms with Crippen LogP contribution in [-0.4, -0.2) is 55.2 Å². The number of para-hydroxylation sites is 1. The van der Waals surface area contributed by atoms with E-state index in [0.29, 0.717) is 11.9 Å². The molecule has 1 saturated heterocycles. The summed E-state index contributed by atoms with van der Waals surface area (Å²) in [5.74, 6) is 0. The topological polar surface area (TPSA) is 79.7 Å². The van der Waals surface area contributed by atoms with Crippen molar-refractivity contribution in [1.29, 1.82) is 0 Å². The van der Waals surface area contributed by atoms with Gasteiger partial charge in [-0.15, -0.1) is 0 Å². The van der Waals surface area contributed by atoms with E-state index in [2.05, 4.69) is 4.98 Å². The van der Waals surface area contributed by atoms with Crippen LogP contribution in [0.1, 0.15) is 12.0 Å². The smallest absolute Gasteiger partial charge is 0.245 e. The maximum atomic E-state index is 13.1. The molecule has 3 rings (SSSR count). The summed E-state index contributed by atoms with van der Waals surface area (Å²) >= 11 is 0. The Hall–Kier alpha value is -1.54. The van der Waals surface area contributed by atoms with Crippen molar-refractivity contribution in [2.75, 3.05) is 20.3 Å². The number of hydrogen-bond donors (Lipinski definition) is 1. The highest BCUT2D eigenvalue weighted by atomic mass is 32.2. The van der Waals surface area contributed by atoms with Gasteiger partial charge >= 0.3 is 0 Å². The normalized spacial score (nSPS) is 22.7. The molecule has 0 radical (unpaired) electrons. The molecule has 2 atom stereocenters. The number of rotatable bonds is 4. The van der Waals surface area contributed by atoms with Gasteiger partial charge in [-0.3, -0.25) is 4.98 Å². The molecule has 23 heavy (non-hydrogen) atoms. The average molecular weight is 336 g/mol. The molecule has 124 valence electrons. The van der Waals surface area contributed by atoms with Gasteiger partial charge in [0.05, 0.1) is 24.3 Å². The van der Waals surface area contributed by atoms with Crippen LogP contribution in [-0.2, 0) is 14.8 Å². The molecule has 0 unspecified atom stereocenters. The quantitative estimate of drug-likeness (QED) is 0.911. The molecule has 0 bridgehead atoms. The van der Waals surface area contributed by atoms with Gasteiger partial charge in [-0.25, -0.2) is 8.42 Å². The van der Waals surface area contributed by atoms with Gasteiger partial charge < -0.3 is 9.84 Å². The zero-order valence-corrected chi connectivity index (χ0v) is 14.0. The standard InChI is InChI=1S/C16H20N2O4S/c1-11-6-12-4-3-5-15(16(12)17-8-11)23(20,21)18-9-14(22-2)7-13(18)10-19/h3-6,8,13-14,19H,7,9-10H2,1-2H3/t13-,14+/m0/s1. The molecule has 0 spiro atoms. The van der Waals surface area contributed by atoms with Crippen molar-refractivity contribution < 1.29 is 18.3 Å². The third kappa shape index (κ3) is 2.85. The van der Waals surface area contributed by atoms with Gasteiger partial charge in [-0.1, -0.05) is 12.1 Å². The summed E-state index contributed by atoms with van der Waals surface area (Å²) < 4.78 is 32.8. The Kier molecular flexibility index (Phi) is 4.37. The van der Waals surface area contributed by atoms with Crippen LogP contribution in [0.25, 0.3) is 10.9 Å². The highest BCUT2D eigenvalue weighted by Crippen LogP contribution is 2.30. The van der Waals surface area contributed by atoms with E-state index < -0.39 is 16.1 Å². The van der Waals surface area contributed by atoms with Crippen molar-refractivity contribution in [3.05, 3.63) is 36.0 Å². The summed E-state index contributed by atoms with van der Waals surface area (Å²) in [5, 5.41) is 10.3. The molecule has 7 heteroatoms. The van der Waals surface area contributed by atoms with E-state index in [4.69, 9.17) is 4.74 Å². The van der Waals surface area contributed by atoms with E-state index >= 15 is 0 Å². The first-order valence-electron chi connectivity index (χ1n) is 7.48. The Morgan fingerprint density at radius 2 is 2.22 bits per heavy atom. The van der Waals surface area contributed by atoms with Gasteiger partial charge in [0.2, 0.25) is 10.0 Å². The van der Waals surface area contributed by atoms with E-state index in [-0.39, 0.29) is 24.2 Å². The summed E-state index contributed by atoms with van der Waals surface area (Å²) in [4.78, 5) is 4.48. The Bertz CT molecular complexity index is 822. The highest BCUT2D eigenvalue weighted by molar-refractivity contribution is 7.89. The number of aliphatic hydroxyl groups excluding tert-OH is 1. The molecule has 0 amide bonds. The van der Waals surface area contributed by atoms with Crippen LogP contribution < -0.4 is 0 Å². The number of sulfonamides is 1. The lowest BCUT2D eigenvalue weighted by Gasteiger charge is -2.22. The summed E-state index contributed by atoms with van der Waals surface area (Å²) in [6, 6.07) is 6.57. The molecule has 6 nitrogen and oxygen atoms in total. The fraction of sp³-hybridized carbons (Fsp3) is 0.438. The second-order valence-electron chi connectivity index (χ2n) is 5.85. The minimum atomic E-state index is -3.75. The van der Waals surface area contributed by atoms with Crippen molar-refractivity contribution in [3.63, 3.8) is 0 Å². The number of hydrogen-bond acceptors (Lipinski definition) is 5. The third-order valence-electron chi connectivity index (χ3n) is 4.27. The Morgan fingerprint density at radius 3 is 2.91 bits per heavy atom. The molecule has 1 N–H and O–H groups in total. The summed E-state index contributed by atoms with van der Waals surface area (Å²) in [6.07, 6.45) is 1.95. The number of aryl methyl sites for hydroxylation is 1.